The summed E-state index contributed by atoms with van der Waals surface area (Å²) < 4.78 is 5.61. The van der Waals surface area contributed by atoms with E-state index in [9.17, 15) is 5.11 Å². The van der Waals surface area contributed by atoms with Crippen LogP contribution in [0, 0.1) is 0 Å². The van der Waals surface area contributed by atoms with E-state index in [-0.39, 0.29) is 5.75 Å². The molecule has 2 aromatic carbocycles. The lowest BCUT2D eigenvalue weighted by Crippen LogP contribution is -1.96. The molecule has 0 amide bonds. The Morgan fingerprint density at radius 1 is 1.05 bits per heavy atom. The molecule has 2 rings (SSSR count). The molecule has 0 spiro atoms. The van der Waals surface area contributed by atoms with Gasteiger partial charge in [-0.1, -0.05) is 13.3 Å². The highest BCUT2D eigenvalue weighted by Gasteiger charge is 1.94. The van der Waals surface area contributed by atoms with Crippen molar-refractivity contribution in [1.29, 1.82) is 0 Å². The summed E-state index contributed by atoms with van der Waals surface area (Å²) in [5.74, 6) is 1.14. The Morgan fingerprint density at radius 2 is 1.75 bits per heavy atom. The van der Waals surface area contributed by atoms with Crippen molar-refractivity contribution in [2.75, 3.05) is 6.61 Å². The minimum absolute atomic E-state index is 0.248. The second-order valence-electron chi connectivity index (χ2n) is 4.55. The molecule has 3 heteroatoms. The molecule has 0 bridgehead atoms. The fourth-order valence-corrected chi connectivity index (χ4v) is 1.67. The highest BCUT2D eigenvalue weighted by molar-refractivity contribution is 5.82. The zero-order valence-corrected chi connectivity index (χ0v) is 11.6. The SMILES string of the molecule is CCCCOc1ccc(/C=N/c2ccc(O)cc2)cc1. The van der Waals surface area contributed by atoms with Crippen LogP contribution in [0.2, 0.25) is 0 Å². The van der Waals surface area contributed by atoms with Crippen molar-refractivity contribution in [2.45, 2.75) is 19.8 Å². The van der Waals surface area contributed by atoms with Crippen LogP contribution in [0.15, 0.2) is 53.5 Å². The Morgan fingerprint density at radius 3 is 2.40 bits per heavy atom. The first-order valence-corrected chi connectivity index (χ1v) is 6.84. The van der Waals surface area contributed by atoms with Gasteiger partial charge in [-0.25, -0.2) is 0 Å². The predicted molar refractivity (Wildman–Crippen MR) is 82.2 cm³/mol. The number of phenols is 1. The molecule has 1 N–H and O–H groups in total. The summed E-state index contributed by atoms with van der Waals surface area (Å²) >= 11 is 0. The van der Waals surface area contributed by atoms with Crippen molar-refractivity contribution in [1.82, 2.24) is 0 Å². The third-order valence-electron chi connectivity index (χ3n) is 2.86. The number of phenolic OH excluding ortho intramolecular Hbond substituents is 1. The number of unbranched alkanes of at least 4 members (excludes halogenated alkanes) is 1. The minimum atomic E-state index is 0.248. The van der Waals surface area contributed by atoms with Crippen molar-refractivity contribution in [3.63, 3.8) is 0 Å². The predicted octanol–water partition coefficient (Wildman–Crippen LogP) is 4.32. The standard InChI is InChI=1S/C17H19NO2/c1-2-3-12-20-17-10-4-14(5-11-17)13-18-15-6-8-16(19)9-7-15/h4-11,13,19H,2-3,12H2,1H3/b18-13+. The molecule has 0 aliphatic heterocycles. The molecule has 0 fully saturated rings. The van der Waals surface area contributed by atoms with E-state index in [0.717, 1.165) is 36.4 Å². The van der Waals surface area contributed by atoms with Gasteiger partial charge < -0.3 is 9.84 Å². The number of rotatable bonds is 6. The highest BCUT2D eigenvalue weighted by atomic mass is 16.5. The van der Waals surface area contributed by atoms with Crippen LogP contribution in [0.4, 0.5) is 5.69 Å². The first-order valence-electron chi connectivity index (χ1n) is 6.84. The van der Waals surface area contributed by atoms with Crippen molar-refractivity contribution in [2.24, 2.45) is 4.99 Å². The maximum Gasteiger partial charge on any atom is 0.119 e. The number of ether oxygens (including phenoxy) is 1. The smallest absolute Gasteiger partial charge is 0.119 e. The van der Waals surface area contributed by atoms with Gasteiger partial charge in [-0.3, -0.25) is 4.99 Å². The Bertz CT molecular complexity index is 544. The molecule has 0 heterocycles. The average Bonchev–Trinajstić information content (AvgIpc) is 2.48. The molecule has 0 aliphatic rings. The summed E-state index contributed by atoms with van der Waals surface area (Å²) in [6.45, 7) is 2.91. The van der Waals surface area contributed by atoms with Gasteiger partial charge in [0.2, 0.25) is 0 Å². The Kier molecular flexibility index (Phi) is 5.18. The van der Waals surface area contributed by atoms with Gasteiger partial charge in [-0.2, -0.15) is 0 Å². The van der Waals surface area contributed by atoms with Gasteiger partial charge in [0.05, 0.1) is 12.3 Å². The molecule has 0 unspecified atom stereocenters. The van der Waals surface area contributed by atoms with Gasteiger partial charge in [-0.15, -0.1) is 0 Å². The molecule has 3 nitrogen and oxygen atoms in total. The van der Waals surface area contributed by atoms with Crippen LogP contribution in [0.3, 0.4) is 0 Å². The van der Waals surface area contributed by atoms with Gasteiger partial charge in [-0.05, 0) is 60.5 Å². The maximum atomic E-state index is 9.20. The van der Waals surface area contributed by atoms with E-state index < -0.39 is 0 Å². The van der Waals surface area contributed by atoms with E-state index in [0.29, 0.717) is 0 Å². The molecule has 0 aliphatic carbocycles. The summed E-state index contributed by atoms with van der Waals surface area (Å²) in [4.78, 5) is 4.35. The van der Waals surface area contributed by atoms with Gasteiger partial charge in [0.25, 0.3) is 0 Å². The Labute approximate surface area is 119 Å². The number of benzene rings is 2. The van der Waals surface area contributed by atoms with E-state index in [1.165, 1.54) is 0 Å². The lowest BCUT2D eigenvalue weighted by molar-refractivity contribution is 0.309. The molecule has 0 saturated carbocycles. The Balaban J connectivity index is 1.94. The van der Waals surface area contributed by atoms with E-state index in [2.05, 4.69) is 11.9 Å². The van der Waals surface area contributed by atoms with Gasteiger partial charge >= 0.3 is 0 Å². The van der Waals surface area contributed by atoms with E-state index in [1.807, 2.05) is 24.3 Å². The highest BCUT2D eigenvalue weighted by Crippen LogP contribution is 2.17. The fraction of sp³-hybridized carbons (Fsp3) is 0.235. The van der Waals surface area contributed by atoms with Crippen LogP contribution in [-0.4, -0.2) is 17.9 Å². The zero-order valence-electron chi connectivity index (χ0n) is 11.6. The van der Waals surface area contributed by atoms with Crippen LogP contribution >= 0.6 is 0 Å². The number of hydrogen-bond donors (Lipinski definition) is 1. The third kappa shape index (κ3) is 4.43. The minimum Gasteiger partial charge on any atom is -0.508 e. The summed E-state index contributed by atoms with van der Waals surface area (Å²) in [5.41, 5.74) is 1.83. The summed E-state index contributed by atoms with van der Waals surface area (Å²) in [5, 5.41) is 9.20. The number of nitrogens with zero attached hydrogens (tertiary/aromatic N) is 1. The van der Waals surface area contributed by atoms with Crippen molar-refractivity contribution in [3.8, 4) is 11.5 Å². The van der Waals surface area contributed by atoms with Gasteiger partial charge in [0.15, 0.2) is 0 Å². The van der Waals surface area contributed by atoms with Gasteiger partial charge in [0, 0.05) is 6.21 Å². The lowest BCUT2D eigenvalue weighted by Gasteiger charge is -2.04. The molecule has 0 saturated heterocycles. The fourth-order valence-electron chi connectivity index (χ4n) is 1.67. The lowest BCUT2D eigenvalue weighted by atomic mass is 10.2. The second-order valence-corrected chi connectivity index (χ2v) is 4.55. The quantitative estimate of drug-likeness (QED) is 0.626. The van der Waals surface area contributed by atoms with Crippen molar-refractivity contribution >= 4 is 11.9 Å². The Hall–Kier alpha value is -2.29. The molecule has 20 heavy (non-hydrogen) atoms. The molecule has 0 radical (unpaired) electrons. The van der Waals surface area contributed by atoms with Crippen molar-refractivity contribution in [3.05, 3.63) is 54.1 Å². The summed E-state index contributed by atoms with van der Waals surface area (Å²) in [6.07, 6.45) is 4.00. The summed E-state index contributed by atoms with van der Waals surface area (Å²) in [7, 11) is 0. The zero-order chi connectivity index (χ0) is 14.2. The molecule has 0 aromatic heterocycles. The molecule has 2 aromatic rings. The van der Waals surface area contributed by atoms with Crippen LogP contribution in [0.1, 0.15) is 25.3 Å². The maximum absolute atomic E-state index is 9.20. The second kappa shape index (κ2) is 7.34. The van der Waals surface area contributed by atoms with E-state index in [1.54, 1.807) is 30.5 Å². The first-order chi connectivity index (χ1) is 9.78. The van der Waals surface area contributed by atoms with Crippen LogP contribution < -0.4 is 4.74 Å². The monoisotopic (exact) mass is 269 g/mol. The van der Waals surface area contributed by atoms with E-state index in [4.69, 9.17) is 4.74 Å². The van der Waals surface area contributed by atoms with Crippen LogP contribution in [-0.2, 0) is 0 Å². The first kappa shape index (κ1) is 14.1. The molecular formula is C17H19NO2. The van der Waals surface area contributed by atoms with Gasteiger partial charge in [0.1, 0.15) is 11.5 Å². The van der Waals surface area contributed by atoms with Crippen LogP contribution in [0.5, 0.6) is 11.5 Å². The molecular weight excluding hydrogens is 250 g/mol. The van der Waals surface area contributed by atoms with E-state index >= 15 is 0 Å². The summed E-state index contributed by atoms with van der Waals surface area (Å²) in [6, 6.07) is 14.6. The van der Waals surface area contributed by atoms with Crippen molar-refractivity contribution < 1.29 is 9.84 Å². The molecule has 104 valence electrons. The topological polar surface area (TPSA) is 41.8 Å². The number of aliphatic imine (C=N–C) groups is 1. The number of hydrogen-bond acceptors (Lipinski definition) is 3. The van der Waals surface area contributed by atoms with Crippen LogP contribution in [0.25, 0.3) is 0 Å². The number of aromatic hydroxyl groups is 1. The third-order valence-corrected chi connectivity index (χ3v) is 2.86. The average molecular weight is 269 g/mol. The normalized spacial score (nSPS) is 10.8. The largest absolute Gasteiger partial charge is 0.508 e. The molecule has 0 atom stereocenters.